The molecule has 0 bridgehead atoms. The van der Waals surface area contributed by atoms with Gasteiger partial charge < -0.3 is 35.8 Å². The summed E-state index contributed by atoms with van der Waals surface area (Å²) in [5.74, 6) is -4.05. The van der Waals surface area contributed by atoms with Gasteiger partial charge >= 0.3 is 23.8 Å². The second-order valence-electron chi connectivity index (χ2n) is 10.1. The quantitative estimate of drug-likeness (QED) is 0.115. The maximum atomic E-state index is 14.2. The number of esters is 2. The van der Waals surface area contributed by atoms with Crippen molar-refractivity contribution in [1.82, 2.24) is 15.4 Å². The number of nitrogens with zero attached hydrogens (tertiary/aromatic N) is 3. The second-order valence-corrected chi connectivity index (χ2v) is 11.0. The van der Waals surface area contributed by atoms with Crippen LogP contribution in [0.15, 0.2) is 71.2 Å². The van der Waals surface area contributed by atoms with Crippen LogP contribution < -0.4 is 16.8 Å². The van der Waals surface area contributed by atoms with E-state index in [2.05, 4.69) is 15.5 Å². The van der Waals surface area contributed by atoms with Crippen molar-refractivity contribution >= 4 is 52.0 Å². The highest BCUT2D eigenvalue weighted by atomic mass is 32.1. The van der Waals surface area contributed by atoms with E-state index in [0.29, 0.717) is 16.2 Å². The first-order valence-electron chi connectivity index (χ1n) is 13.7. The Kier molecular flexibility index (Phi) is 9.15. The van der Waals surface area contributed by atoms with Crippen LogP contribution in [0.2, 0.25) is 0 Å². The maximum absolute atomic E-state index is 14.2. The van der Waals surface area contributed by atoms with Gasteiger partial charge in [-0.1, -0.05) is 65.8 Å². The number of hydrogen-bond acceptors (Lipinski definition) is 14. The number of cyclic esters (lactones) is 1. The van der Waals surface area contributed by atoms with Gasteiger partial charge in [-0.25, -0.2) is 14.6 Å². The van der Waals surface area contributed by atoms with E-state index >= 15 is 0 Å². The number of rotatable bonds is 11. The van der Waals surface area contributed by atoms with Gasteiger partial charge in [-0.3, -0.25) is 19.2 Å². The predicted molar refractivity (Wildman–Crippen MR) is 158 cm³/mol. The molecule has 17 heteroatoms. The van der Waals surface area contributed by atoms with Gasteiger partial charge in [-0.15, -0.1) is 11.3 Å². The molecule has 3 amide bonds. The van der Waals surface area contributed by atoms with E-state index in [9.17, 15) is 24.0 Å². The summed E-state index contributed by atoms with van der Waals surface area (Å²) < 4.78 is 16.4. The number of hydrogen-bond donors (Lipinski definition) is 3. The SMILES string of the molecule is CO/N=C(\C(=O)N[C@@]1(COC(N)=O)CON(C2(C(=O)OC(c3ccccc3)c3ccccc3)CCC(=O)O2)C1=O)c1csc(N)n1. The highest BCUT2D eigenvalue weighted by Crippen LogP contribution is 2.39. The molecule has 46 heavy (non-hydrogen) atoms. The predicted octanol–water partition coefficient (Wildman–Crippen LogP) is 1.17. The number of nitrogens with two attached hydrogens (primary N) is 2. The van der Waals surface area contributed by atoms with Gasteiger partial charge in [0.05, 0.1) is 6.42 Å². The Bertz CT molecular complexity index is 1630. The lowest BCUT2D eigenvalue weighted by Gasteiger charge is -2.35. The molecule has 3 heterocycles. The zero-order valence-corrected chi connectivity index (χ0v) is 25.1. The molecule has 0 saturated carbocycles. The van der Waals surface area contributed by atoms with Gasteiger partial charge in [-0.05, 0) is 11.1 Å². The van der Waals surface area contributed by atoms with Crippen LogP contribution in [-0.4, -0.2) is 77.2 Å². The van der Waals surface area contributed by atoms with Crippen LogP contribution in [-0.2, 0) is 43.1 Å². The monoisotopic (exact) mass is 652 g/mol. The van der Waals surface area contributed by atoms with E-state index < -0.39 is 60.4 Å². The van der Waals surface area contributed by atoms with Crippen LogP contribution >= 0.6 is 11.3 Å². The Balaban J connectivity index is 1.48. The molecule has 0 radical (unpaired) electrons. The molecule has 2 fully saturated rings. The largest absolute Gasteiger partial charge is 0.448 e. The van der Waals surface area contributed by atoms with Gasteiger partial charge in [0, 0.05) is 11.8 Å². The molecule has 2 aliphatic heterocycles. The Morgan fingerprint density at radius 2 is 1.76 bits per heavy atom. The van der Waals surface area contributed by atoms with E-state index in [1.54, 1.807) is 60.7 Å². The van der Waals surface area contributed by atoms with Gasteiger partial charge in [0.2, 0.25) is 0 Å². The van der Waals surface area contributed by atoms with E-state index in [-0.39, 0.29) is 29.4 Å². The van der Waals surface area contributed by atoms with Crippen molar-refractivity contribution in [3.63, 3.8) is 0 Å². The number of benzene rings is 2. The average Bonchev–Trinajstić information content (AvgIpc) is 3.75. The van der Waals surface area contributed by atoms with Gasteiger partial charge in [0.15, 0.2) is 22.5 Å². The van der Waals surface area contributed by atoms with Crippen molar-refractivity contribution in [2.45, 2.75) is 30.2 Å². The summed E-state index contributed by atoms with van der Waals surface area (Å²) in [5.41, 5.74) is 7.13. The Morgan fingerprint density at radius 3 is 2.28 bits per heavy atom. The van der Waals surface area contributed by atoms with Crippen molar-refractivity contribution in [2.75, 3.05) is 26.1 Å². The van der Waals surface area contributed by atoms with Crippen LogP contribution in [0.5, 0.6) is 0 Å². The first kappa shape index (κ1) is 31.9. The minimum absolute atomic E-state index is 0.0219. The van der Waals surface area contributed by atoms with Crippen molar-refractivity contribution in [3.05, 3.63) is 82.9 Å². The minimum Gasteiger partial charge on any atom is -0.448 e. The molecule has 3 aromatic rings. The summed E-state index contributed by atoms with van der Waals surface area (Å²) in [7, 11) is 1.18. The third-order valence-corrected chi connectivity index (χ3v) is 7.71. The Labute approximate surface area is 265 Å². The van der Waals surface area contributed by atoms with E-state index in [0.717, 1.165) is 11.3 Å². The summed E-state index contributed by atoms with van der Waals surface area (Å²) in [6.07, 6.45) is -2.85. The zero-order valence-electron chi connectivity index (χ0n) is 24.2. The van der Waals surface area contributed by atoms with Crippen molar-refractivity contribution in [2.24, 2.45) is 10.9 Å². The Hall–Kier alpha value is -5.55. The van der Waals surface area contributed by atoms with E-state index in [1.165, 1.54) is 12.5 Å². The summed E-state index contributed by atoms with van der Waals surface area (Å²) in [6.45, 7) is -1.52. The number of primary amides is 1. The summed E-state index contributed by atoms with van der Waals surface area (Å²) in [5, 5.41) is 8.20. The van der Waals surface area contributed by atoms with E-state index in [1.807, 2.05) is 0 Å². The molecule has 5 rings (SSSR count). The normalized spacial score (nSPS) is 21.2. The van der Waals surface area contributed by atoms with Crippen LogP contribution in [0.3, 0.4) is 0 Å². The lowest BCUT2D eigenvalue weighted by Crippen LogP contribution is -2.64. The standard InChI is InChI=1S/C29H28N6O10S/c1-41-34-21(19-14-46-26(30)32-19)23(37)33-28(15-42-27(31)40)16-43-35(24(28)38)29(13-12-20(36)45-29)25(39)44-22(17-8-4-2-5-9-17)18-10-6-3-7-11-18/h2-11,14,22H,12-13,15-16H2,1H3,(H2,30,32)(H2,31,40)(H,33,37)/b34-21-/t28-,29?/m0/s1. The number of ether oxygens (including phenoxy) is 3. The second kappa shape index (κ2) is 13.2. The first-order valence-corrected chi connectivity index (χ1v) is 14.5. The highest BCUT2D eigenvalue weighted by Gasteiger charge is 2.64. The highest BCUT2D eigenvalue weighted by molar-refractivity contribution is 7.13. The topological polar surface area (TPSA) is 224 Å². The molecule has 0 spiro atoms. The van der Waals surface area contributed by atoms with Crippen LogP contribution in [0.25, 0.3) is 0 Å². The van der Waals surface area contributed by atoms with Gasteiger partial charge in [0.1, 0.15) is 26.0 Å². The number of carbonyl (C=O) groups excluding carboxylic acids is 5. The summed E-state index contributed by atoms with van der Waals surface area (Å²) in [6, 6.07) is 17.6. The third kappa shape index (κ3) is 6.31. The number of amides is 3. The van der Waals surface area contributed by atoms with Crippen LogP contribution in [0.1, 0.15) is 35.8 Å². The number of thiazole rings is 1. The molecular formula is C29H28N6O10S. The third-order valence-electron chi connectivity index (χ3n) is 7.04. The number of nitrogen functional groups attached to an aromatic ring is 1. The molecule has 5 N–H and O–H groups in total. The molecule has 2 atom stereocenters. The lowest BCUT2D eigenvalue weighted by molar-refractivity contribution is -0.260. The lowest BCUT2D eigenvalue weighted by atomic mass is 9.98. The fraction of sp³-hybridized carbons (Fsp3) is 0.276. The zero-order chi connectivity index (χ0) is 32.9. The summed E-state index contributed by atoms with van der Waals surface area (Å²) in [4.78, 5) is 80.3. The van der Waals surface area contributed by atoms with Crippen molar-refractivity contribution in [1.29, 1.82) is 0 Å². The van der Waals surface area contributed by atoms with Gasteiger partial charge in [-0.2, -0.15) is 5.06 Å². The molecular weight excluding hydrogens is 624 g/mol. The molecule has 1 aromatic heterocycles. The molecule has 2 aromatic carbocycles. The maximum Gasteiger partial charge on any atom is 0.404 e. The molecule has 0 aliphatic carbocycles. The smallest absolute Gasteiger partial charge is 0.404 e. The van der Waals surface area contributed by atoms with Gasteiger partial charge in [0.25, 0.3) is 11.8 Å². The molecule has 2 aliphatic rings. The number of hydroxylamine groups is 2. The van der Waals surface area contributed by atoms with Crippen molar-refractivity contribution < 1.29 is 47.9 Å². The van der Waals surface area contributed by atoms with E-state index in [4.69, 9.17) is 35.4 Å². The number of oxime groups is 1. The first-order chi connectivity index (χ1) is 22.1. The molecule has 16 nitrogen and oxygen atoms in total. The number of aromatic nitrogens is 1. The Morgan fingerprint density at radius 1 is 1.11 bits per heavy atom. The summed E-state index contributed by atoms with van der Waals surface area (Å²) >= 11 is 1.02. The average molecular weight is 653 g/mol. The number of nitrogens with one attached hydrogen (secondary N) is 1. The van der Waals surface area contributed by atoms with Crippen LogP contribution in [0, 0.1) is 0 Å². The number of anilines is 1. The number of carbonyl (C=O) groups is 5. The fourth-order valence-electron chi connectivity index (χ4n) is 4.86. The van der Waals surface area contributed by atoms with Crippen molar-refractivity contribution in [3.8, 4) is 0 Å². The van der Waals surface area contributed by atoms with Crippen LogP contribution in [0.4, 0.5) is 9.93 Å². The fourth-order valence-corrected chi connectivity index (χ4v) is 5.41. The molecule has 240 valence electrons. The minimum atomic E-state index is -2.40. The molecule has 1 unspecified atom stereocenters. The molecule has 2 saturated heterocycles.